The van der Waals surface area contributed by atoms with Gasteiger partial charge in [0.25, 0.3) is 0 Å². The molecule has 1 saturated heterocycles. The van der Waals surface area contributed by atoms with Gasteiger partial charge in [0.05, 0.1) is 6.34 Å². The van der Waals surface area contributed by atoms with Gasteiger partial charge in [0, 0.05) is 37.1 Å². The van der Waals surface area contributed by atoms with Gasteiger partial charge in [0.15, 0.2) is 0 Å². The third-order valence-corrected chi connectivity index (χ3v) is 5.79. The molecule has 9 heteroatoms. The summed E-state index contributed by atoms with van der Waals surface area (Å²) in [5.74, 6) is 0.583. The zero-order chi connectivity index (χ0) is 21.3. The summed E-state index contributed by atoms with van der Waals surface area (Å²) in [6, 6.07) is 0.503. The molecule has 0 radical (unpaired) electrons. The van der Waals surface area contributed by atoms with Crippen LogP contribution in [0.1, 0.15) is 47.5 Å². The van der Waals surface area contributed by atoms with E-state index in [0.717, 1.165) is 25.9 Å². The van der Waals surface area contributed by atoms with Crippen LogP contribution < -0.4 is 10.6 Å². The van der Waals surface area contributed by atoms with Crippen LogP contribution in [0, 0.1) is 5.92 Å². The lowest BCUT2D eigenvalue weighted by molar-refractivity contribution is -0.130. The Morgan fingerprint density at radius 2 is 1.86 bits per heavy atom. The van der Waals surface area contributed by atoms with Crippen LogP contribution in [-0.2, 0) is 9.53 Å². The van der Waals surface area contributed by atoms with Gasteiger partial charge < -0.3 is 20.3 Å². The van der Waals surface area contributed by atoms with E-state index in [0.29, 0.717) is 11.9 Å². The predicted molar refractivity (Wildman–Crippen MR) is 113 cm³/mol. The molecule has 0 aromatic carbocycles. The van der Waals surface area contributed by atoms with E-state index >= 15 is 0 Å². The van der Waals surface area contributed by atoms with Gasteiger partial charge in [0.1, 0.15) is 16.9 Å². The summed E-state index contributed by atoms with van der Waals surface area (Å²) in [7, 11) is 0. The average molecular weight is 426 g/mol. The van der Waals surface area contributed by atoms with Crippen LogP contribution in [-0.4, -0.2) is 70.5 Å². The largest absolute Gasteiger partial charge is 0.444 e. The minimum absolute atomic E-state index is 0.00709. The average Bonchev–Trinajstić information content (AvgIpc) is 2.50. The number of piperazine rings is 1. The summed E-state index contributed by atoms with van der Waals surface area (Å²) in [5.41, 5.74) is -0.954. The highest BCUT2D eigenvalue weighted by atomic mass is 35.5. The van der Waals surface area contributed by atoms with Crippen molar-refractivity contribution >= 4 is 29.9 Å². The summed E-state index contributed by atoms with van der Waals surface area (Å²) in [4.78, 5) is 33.2. The summed E-state index contributed by atoms with van der Waals surface area (Å²) in [5, 5.41) is 5.78. The number of hydrogen-bond acceptors (Lipinski definition) is 6. The SMILES string of the molecule is CC1CN(C2CC(C(=O)NC3=CC(Cl)N=CN3)C2)CC(C)N1C(=O)OC(C)(C)C. The Labute approximate surface area is 177 Å². The topological polar surface area (TPSA) is 86.3 Å². The highest BCUT2D eigenvalue weighted by Gasteiger charge is 2.43. The molecule has 1 saturated carbocycles. The van der Waals surface area contributed by atoms with Gasteiger partial charge in [-0.2, -0.15) is 0 Å². The Balaban J connectivity index is 1.48. The summed E-state index contributed by atoms with van der Waals surface area (Å²) < 4.78 is 5.57. The molecule has 3 aliphatic rings. The third kappa shape index (κ3) is 5.42. The van der Waals surface area contributed by atoms with E-state index in [-0.39, 0.29) is 30.0 Å². The Morgan fingerprint density at radius 1 is 1.24 bits per heavy atom. The van der Waals surface area contributed by atoms with Crippen LogP contribution in [0.5, 0.6) is 0 Å². The van der Waals surface area contributed by atoms with Gasteiger partial charge in [-0.15, -0.1) is 0 Å². The molecule has 2 fully saturated rings. The lowest BCUT2D eigenvalue weighted by Crippen LogP contribution is -2.63. The second-order valence-corrected chi connectivity index (χ2v) is 9.67. The standard InChI is InChI=1S/C20H32ClN5O3/c1-12-9-25(10-13(2)26(12)19(28)29-20(3,4)5)15-6-14(7-15)18(27)24-17-8-16(21)22-11-23-17/h8,11-16H,6-7,9-10H2,1-5H3,(H,22,23)(H,24,27). The van der Waals surface area contributed by atoms with Crippen molar-refractivity contribution in [3.8, 4) is 0 Å². The van der Waals surface area contributed by atoms with Crippen LogP contribution in [0.2, 0.25) is 0 Å². The second-order valence-electron chi connectivity index (χ2n) is 9.23. The van der Waals surface area contributed by atoms with Crippen molar-refractivity contribution in [2.75, 3.05) is 13.1 Å². The number of nitrogens with one attached hydrogen (secondary N) is 2. The molecule has 162 valence electrons. The molecule has 3 unspecified atom stereocenters. The zero-order valence-corrected chi connectivity index (χ0v) is 18.6. The fourth-order valence-corrected chi connectivity index (χ4v) is 4.34. The van der Waals surface area contributed by atoms with Crippen molar-refractivity contribution in [3.63, 3.8) is 0 Å². The molecule has 0 spiro atoms. The molecule has 2 aliphatic heterocycles. The highest BCUT2D eigenvalue weighted by molar-refractivity contribution is 6.22. The molecule has 29 heavy (non-hydrogen) atoms. The molecular weight excluding hydrogens is 394 g/mol. The van der Waals surface area contributed by atoms with E-state index in [1.807, 2.05) is 25.7 Å². The van der Waals surface area contributed by atoms with Crippen LogP contribution in [0.25, 0.3) is 0 Å². The quantitative estimate of drug-likeness (QED) is 0.535. The van der Waals surface area contributed by atoms with Crippen molar-refractivity contribution in [1.82, 2.24) is 20.4 Å². The third-order valence-electron chi connectivity index (χ3n) is 5.55. The molecule has 2 amide bonds. The number of ether oxygens (including phenoxy) is 1. The van der Waals surface area contributed by atoms with Crippen molar-refractivity contribution in [1.29, 1.82) is 0 Å². The first-order valence-electron chi connectivity index (χ1n) is 10.2. The Morgan fingerprint density at radius 3 is 2.41 bits per heavy atom. The lowest BCUT2D eigenvalue weighted by atomic mass is 9.78. The molecule has 0 aromatic heterocycles. The number of hydrogen-bond donors (Lipinski definition) is 2. The fourth-order valence-electron chi connectivity index (χ4n) is 4.16. The number of halogens is 1. The summed E-state index contributed by atoms with van der Waals surface area (Å²) in [6.45, 7) is 11.3. The Kier molecular flexibility index (Phi) is 6.43. The fraction of sp³-hybridized carbons (Fsp3) is 0.750. The van der Waals surface area contributed by atoms with Gasteiger partial charge in [-0.05, 0) is 53.5 Å². The van der Waals surface area contributed by atoms with E-state index in [1.165, 1.54) is 6.34 Å². The maximum atomic E-state index is 12.6. The van der Waals surface area contributed by atoms with Crippen molar-refractivity contribution in [2.24, 2.45) is 10.9 Å². The van der Waals surface area contributed by atoms with Gasteiger partial charge in [-0.1, -0.05) is 11.6 Å². The number of nitrogens with zero attached hydrogens (tertiary/aromatic N) is 3. The Bertz CT molecular complexity index is 687. The van der Waals surface area contributed by atoms with Crippen molar-refractivity contribution in [3.05, 3.63) is 11.9 Å². The predicted octanol–water partition coefficient (Wildman–Crippen LogP) is 2.25. The number of carbonyl (C=O) groups is 2. The second kappa shape index (κ2) is 8.52. The van der Waals surface area contributed by atoms with Gasteiger partial charge >= 0.3 is 6.09 Å². The Hall–Kier alpha value is -1.80. The van der Waals surface area contributed by atoms with E-state index in [9.17, 15) is 9.59 Å². The van der Waals surface area contributed by atoms with E-state index in [4.69, 9.17) is 16.3 Å². The monoisotopic (exact) mass is 425 g/mol. The number of aliphatic imine (C=N–C) groups is 1. The van der Waals surface area contributed by atoms with Crippen LogP contribution in [0.4, 0.5) is 4.79 Å². The van der Waals surface area contributed by atoms with Crippen LogP contribution in [0.15, 0.2) is 16.9 Å². The molecular formula is C20H32ClN5O3. The maximum Gasteiger partial charge on any atom is 0.410 e. The molecule has 8 nitrogen and oxygen atoms in total. The minimum Gasteiger partial charge on any atom is -0.444 e. The van der Waals surface area contributed by atoms with Crippen LogP contribution in [0.3, 0.4) is 0 Å². The van der Waals surface area contributed by atoms with Crippen molar-refractivity contribution in [2.45, 2.75) is 76.7 Å². The number of carbonyl (C=O) groups excluding carboxylic acids is 2. The number of amides is 2. The van der Waals surface area contributed by atoms with Gasteiger partial charge in [-0.3, -0.25) is 14.7 Å². The van der Waals surface area contributed by atoms with E-state index in [1.54, 1.807) is 6.08 Å². The first kappa shape index (κ1) is 21.9. The minimum atomic E-state index is -0.500. The molecule has 1 aliphatic carbocycles. The highest BCUT2D eigenvalue weighted by Crippen LogP contribution is 2.34. The molecule has 2 heterocycles. The first-order valence-corrected chi connectivity index (χ1v) is 10.7. The number of alkyl halides is 1. The first-order chi connectivity index (χ1) is 13.5. The normalized spacial score (nSPS) is 32.7. The summed E-state index contributed by atoms with van der Waals surface area (Å²) >= 11 is 5.93. The lowest BCUT2D eigenvalue weighted by Gasteiger charge is -2.50. The number of rotatable bonds is 3. The zero-order valence-electron chi connectivity index (χ0n) is 17.8. The van der Waals surface area contributed by atoms with E-state index in [2.05, 4.69) is 34.4 Å². The van der Waals surface area contributed by atoms with Gasteiger partial charge in [-0.25, -0.2) is 4.79 Å². The summed E-state index contributed by atoms with van der Waals surface area (Å²) in [6.07, 6.45) is 4.56. The smallest absolute Gasteiger partial charge is 0.410 e. The van der Waals surface area contributed by atoms with Crippen LogP contribution >= 0.6 is 11.6 Å². The molecule has 2 N–H and O–H groups in total. The van der Waals surface area contributed by atoms with Crippen molar-refractivity contribution < 1.29 is 14.3 Å². The van der Waals surface area contributed by atoms with E-state index < -0.39 is 11.1 Å². The molecule has 3 rings (SSSR count). The molecule has 3 atom stereocenters. The molecule has 0 bridgehead atoms. The van der Waals surface area contributed by atoms with Gasteiger partial charge in [0.2, 0.25) is 5.91 Å². The maximum absolute atomic E-state index is 12.6. The molecule has 0 aromatic rings.